The van der Waals surface area contributed by atoms with Crippen LogP contribution < -0.4 is 30.4 Å². The number of pyridine rings is 1. The zero-order valence-corrected chi connectivity index (χ0v) is 22.1. The molecule has 0 aliphatic carbocycles. The van der Waals surface area contributed by atoms with Crippen LogP contribution in [0.15, 0.2) is 47.3 Å². The molecule has 0 atom stereocenters. The second kappa shape index (κ2) is 11.9. The number of benzene rings is 2. The van der Waals surface area contributed by atoms with E-state index in [1.807, 2.05) is 24.3 Å². The number of fused-ring (bicyclic) bond motifs is 2. The molecule has 0 unspecified atom stereocenters. The molecule has 3 heterocycles. The number of carbonyl (C=O) groups excluding carboxylic acids is 1. The molecule has 3 aromatic rings. The Hall–Kier alpha value is -3.56. The number of hydrogen-bond acceptors (Lipinski definition) is 7. The lowest BCUT2D eigenvalue weighted by Gasteiger charge is -2.32. The van der Waals surface area contributed by atoms with Gasteiger partial charge in [0.1, 0.15) is 19.0 Å². The molecule has 1 saturated heterocycles. The van der Waals surface area contributed by atoms with Crippen molar-refractivity contribution in [3.05, 3.63) is 63.9 Å². The highest BCUT2D eigenvalue weighted by molar-refractivity contribution is 6.06. The number of amides is 1. The molecule has 2 aliphatic heterocycles. The second-order valence-corrected chi connectivity index (χ2v) is 9.81. The minimum atomic E-state index is -0.270. The molecule has 9 nitrogen and oxygen atoms in total. The topological polar surface area (TPSA) is 94.1 Å². The molecular formula is C29H36N4O5. The van der Waals surface area contributed by atoms with E-state index in [2.05, 4.69) is 27.7 Å². The van der Waals surface area contributed by atoms with Crippen LogP contribution in [0.4, 0.5) is 0 Å². The molecule has 0 saturated carbocycles. The van der Waals surface area contributed by atoms with Gasteiger partial charge in [0, 0.05) is 43.7 Å². The number of methoxy groups -OCH3 is 1. The summed E-state index contributed by atoms with van der Waals surface area (Å²) in [6.07, 6.45) is 3.09. The van der Waals surface area contributed by atoms with Crippen LogP contribution in [-0.2, 0) is 13.0 Å². The Morgan fingerprint density at radius 2 is 1.82 bits per heavy atom. The molecular weight excluding hydrogens is 484 g/mol. The van der Waals surface area contributed by atoms with Crippen molar-refractivity contribution in [2.45, 2.75) is 31.8 Å². The highest BCUT2D eigenvalue weighted by atomic mass is 16.6. The first-order chi connectivity index (χ1) is 18.6. The van der Waals surface area contributed by atoms with E-state index in [0.29, 0.717) is 42.6 Å². The third-order valence-electron chi connectivity index (χ3n) is 7.47. The number of rotatable bonds is 9. The Kier molecular flexibility index (Phi) is 8.14. The van der Waals surface area contributed by atoms with Gasteiger partial charge in [-0.3, -0.25) is 9.59 Å². The average molecular weight is 521 g/mol. The first-order valence-corrected chi connectivity index (χ1v) is 13.3. The normalized spacial score (nSPS) is 15.9. The number of hydrogen-bond donors (Lipinski definition) is 2. The minimum Gasteiger partial charge on any atom is -0.497 e. The van der Waals surface area contributed by atoms with Crippen molar-refractivity contribution in [3.8, 4) is 17.2 Å². The van der Waals surface area contributed by atoms with E-state index in [1.165, 1.54) is 11.6 Å². The fraction of sp³-hybridized carbons (Fsp3) is 0.448. The van der Waals surface area contributed by atoms with E-state index >= 15 is 0 Å². The van der Waals surface area contributed by atoms with E-state index in [4.69, 9.17) is 14.2 Å². The van der Waals surface area contributed by atoms with E-state index in [0.717, 1.165) is 62.3 Å². The van der Waals surface area contributed by atoms with E-state index < -0.39 is 0 Å². The molecule has 1 aromatic heterocycles. The van der Waals surface area contributed by atoms with Gasteiger partial charge in [-0.2, -0.15) is 0 Å². The first-order valence-electron chi connectivity index (χ1n) is 13.3. The second-order valence-electron chi connectivity index (χ2n) is 9.81. The molecule has 0 radical (unpaired) electrons. The number of aromatic nitrogens is 1. The van der Waals surface area contributed by atoms with Gasteiger partial charge in [0.2, 0.25) is 0 Å². The van der Waals surface area contributed by atoms with Crippen LogP contribution in [0.1, 0.15) is 28.8 Å². The lowest BCUT2D eigenvalue weighted by atomic mass is 10.0. The number of nitrogens with one attached hydrogen (secondary N) is 2. The Morgan fingerprint density at radius 3 is 2.58 bits per heavy atom. The lowest BCUT2D eigenvalue weighted by molar-refractivity contribution is 0.0964. The van der Waals surface area contributed by atoms with Gasteiger partial charge in [-0.1, -0.05) is 6.07 Å². The molecule has 2 N–H and O–H groups in total. The van der Waals surface area contributed by atoms with Crippen molar-refractivity contribution in [1.82, 2.24) is 20.1 Å². The quantitative estimate of drug-likeness (QED) is 0.448. The molecule has 5 rings (SSSR count). The number of piperidine rings is 1. The van der Waals surface area contributed by atoms with Gasteiger partial charge >= 0.3 is 0 Å². The zero-order valence-electron chi connectivity index (χ0n) is 22.1. The van der Waals surface area contributed by atoms with Crippen molar-refractivity contribution >= 4 is 16.8 Å². The molecule has 1 fully saturated rings. The van der Waals surface area contributed by atoms with Crippen molar-refractivity contribution < 1.29 is 19.0 Å². The molecule has 2 aromatic carbocycles. The van der Waals surface area contributed by atoms with E-state index in [-0.39, 0.29) is 11.5 Å². The van der Waals surface area contributed by atoms with Crippen molar-refractivity contribution in [3.63, 3.8) is 0 Å². The summed E-state index contributed by atoms with van der Waals surface area (Å²) in [5.74, 6) is 2.06. The lowest BCUT2D eigenvalue weighted by Crippen LogP contribution is -2.44. The van der Waals surface area contributed by atoms with Crippen molar-refractivity contribution in [2.24, 2.45) is 0 Å². The van der Waals surface area contributed by atoms with Crippen molar-refractivity contribution in [2.75, 3.05) is 53.6 Å². The largest absolute Gasteiger partial charge is 0.497 e. The van der Waals surface area contributed by atoms with E-state index in [1.54, 1.807) is 18.7 Å². The Balaban J connectivity index is 1.15. The molecule has 2 aliphatic rings. The third kappa shape index (κ3) is 5.79. The molecule has 38 heavy (non-hydrogen) atoms. The van der Waals surface area contributed by atoms with Crippen molar-refractivity contribution in [1.29, 1.82) is 0 Å². The maximum atomic E-state index is 13.0. The summed E-state index contributed by atoms with van der Waals surface area (Å²) >= 11 is 0. The van der Waals surface area contributed by atoms with Gasteiger partial charge in [-0.15, -0.1) is 0 Å². The molecule has 0 spiro atoms. The maximum Gasteiger partial charge on any atom is 0.251 e. The molecule has 0 bridgehead atoms. The Labute approximate surface area is 222 Å². The van der Waals surface area contributed by atoms with Crippen LogP contribution in [0, 0.1) is 0 Å². The predicted octanol–water partition coefficient (Wildman–Crippen LogP) is 2.44. The van der Waals surface area contributed by atoms with Crippen LogP contribution in [0.2, 0.25) is 0 Å². The Morgan fingerprint density at radius 1 is 1.03 bits per heavy atom. The van der Waals surface area contributed by atoms with Gasteiger partial charge in [0.25, 0.3) is 11.5 Å². The van der Waals surface area contributed by atoms with Crippen LogP contribution in [-0.4, -0.2) is 75.0 Å². The van der Waals surface area contributed by atoms with Crippen LogP contribution >= 0.6 is 0 Å². The first kappa shape index (κ1) is 26.1. The zero-order chi connectivity index (χ0) is 26.5. The highest BCUT2D eigenvalue weighted by Gasteiger charge is 2.20. The number of ether oxygens (including phenoxy) is 3. The SMILES string of the molecule is CNC(=O)c1cc(=O)n(CCN2CCC(NCCc3ccc4c(c3)OCCO4)CC2)c2cc(OC)ccc12. The fourth-order valence-electron chi connectivity index (χ4n) is 5.31. The smallest absolute Gasteiger partial charge is 0.251 e. The predicted molar refractivity (Wildman–Crippen MR) is 147 cm³/mol. The van der Waals surface area contributed by atoms with Gasteiger partial charge in [0.15, 0.2) is 11.5 Å². The summed E-state index contributed by atoms with van der Waals surface area (Å²) in [5.41, 5.74) is 2.16. The molecule has 202 valence electrons. The van der Waals surface area contributed by atoms with E-state index in [9.17, 15) is 9.59 Å². The van der Waals surface area contributed by atoms with Gasteiger partial charge in [0.05, 0.1) is 18.2 Å². The van der Waals surface area contributed by atoms with Gasteiger partial charge < -0.3 is 34.3 Å². The van der Waals surface area contributed by atoms with Crippen LogP contribution in [0.3, 0.4) is 0 Å². The number of likely N-dealkylation sites (tertiary alicyclic amines) is 1. The standard InChI is InChI=1S/C29H36N4O5/c1-30-29(35)24-19-28(34)33(25-18-22(36-2)4-5-23(24)25)14-13-32-11-8-21(9-12-32)31-10-7-20-3-6-26-27(17-20)38-16-15-37-26/h3-6,17-19,21,31H,7-16H2,1-2H3,(H,30,35). The average Bonchev–Trinajstić information content (AvgIpc) is 2.96. The molecule has 9 heteroatoms. The Bertz CT molecular complexity index is 1350. The summed E-state index contributed by atoms with van der Waals surface area (Å²) in [6.45, 7) is 5.42. The number of carbonyl (C=O) groups is 1. The summed E-state index contributed by atoms with van der Waals surface area (Å²) in [4.78, 5) is 27.8. The minimum absolute atomic E-state index is 0.181. The fourth-order valence-corrected chi connectivity index (χ4v) is 5.31. The third-order valence-corrected chi connectivity index (χ3v) is 7.47. The summed E-state index contributed by atoms with van der Waals surface area (Å²) in [7, 11) is 3.17. The monoisotopic (exact) mass is 520 g/mol. The molecule has 1 amide bonds. The van der Waals surface area contributed by atoms with Crippen LogP contribution in [0.25, 0.3) is 10.9 Å². The van der Waals surface area contributed by atoms with Gasteiger partial charge in [-0.25, -0.2) is 0 Å². The summed E-state index contributed by atoms with van der Waals surface area (Å²) in [5, 5.41) is 7.08. The summed E-state index contributed by atoms with van der Waals surface area (Å²) in [6, 6.07) is 13.6. The summed E-state index contributed by atoms with van der Waals surface area (Å²) < 4.78 is 18.4. The maximum absolute atomic E-state index is 13.0. The van der Waals surface area contributed by atoms with Gasteiger partial charge in [-0.05, 0) is 68.7 Å². The highest BCUT2D eigenvalue weighted by Crippen LogP contribution is 2.30. The number of nitrogens with zero attached hydrogens (tertiary/aromatic N) is 2. The van der Waals surface area contributed by atoms with Crippen LogP contribution in [0.5, 0.6) is 17.2 Å².